The molecule has 1 unspecified atom stereocenters. The molecule has 0 aromatic carbocycles. The third-order valence-electron chi connectivity index (χ3n) is 11.1. The second-order valence-electron chi connectivity index (χ2n) is 14.5. The van der Waals surface area contributed by atoms with Crippen LogP contribution in [0.3, 0.4) is 0 Å². The molecule has 9 atom stereocenters. The van der Waals surface area contributed by atoms with Gasteiger partial charge in [-0.3, -0.25) is 9.69 Å². The summed E-state index contributed by atoms with van der Waals surface area (Å²) in [6, 6.07) is 0. The number of amides is 1. The van der Waals surface area contributed by atoms with Crippen LogP contribution in [0.15, 0.2) is 12.7 Å². The van der Waals surface area contributed by atoms with Crippen molar-refractivity contribution in [3.63, 3.8) is 0 Å². The van der Waals surface area contributed by atoms with Crippen LogP contribution in [0.4, 0.5) is 4.79 Å². The summed E-state index contributed by atoms with van der Waals surface area (Å²) in [7, 11) is 3.69. The number of carbonyl (C=O) groups excluding carboxylic acids is 2. The number of aliphatic hydroxyl groups excluding tert-OH is 1. The third-order valence-corrected chi connectivity index (χ3v) is 11.1. The van der Waals surface area contributed by atoms with E-state index in [1.54, 1.807) is 17.9 Å². The molecule has 0 aromatic rings. The molecule has 2 heterocycles. The van der Waals surface area contributed by atoms with Crippen LogP contribution in [0.1, 0.15) is 86.0 Å². The summed E-state index contributed by atoms with van der Waals surface area (Å²) in [6.45, 7) is 14.3. The van der Waals surface area contributed by atoms with Crippen molar-refractivity contribution < 1.29 is 33.6 Å². The summed E-state index contributed by atoms with van der Waals surface area (Å²) >= 11 is 0. The highest BCUT2D eigenvalue weighted by Gasteiger charge is 2.84. The van der Waals surface area contributed by atoms with Crippen molar-refractivity contribution in [1.82, 2.24) is 10.2 Å². The number of ether oxygens (including phenoxy) is 4. The van der Waals surface area contributed by atoms with Gasteiger partial charge in [-0.25, -0.2) is 4.79 Å². The van der Waals surface area contributed by atoms with Gasteiger partial charge in [0.25, 0.3) is 0 Å². The van der Waals surface area contributed by atoms with E-state index in [1.165, 1.54) is 19.3 Å². The van der Waals surface area contributed by atoms with E-state index in [2.05, 4.69) is 25.7 Å². The first-order chi connectivity index (χ1) is 18.6. The number of alkyl carbamates (subject to hydrolysis) is 1. The van der Waals surface area contributed by atoms with Crippen molar-refractivity contribution in [2.75, 3.05) is 20.6 Å². The first-order valence-corrected chi connectivity index (χ1v) is 15.1. The van der Waals surface area contributed by atoms with E-state index in [0.29, 0.717) is 18.9 Å². The molecule has 0 aromatic heterocycles. The van der Waals surface area contributed by atoms with E-state index < -0.39 is 58.3 Å². The number of ketones is 1. The predicted molar refractivity (Wildman–Crippen MR) is 149 cm³/mol. The molecule has 0 radical (unpaired) electrons. The van der Waals surface area contributed by atoms with Gasteiger partial charge in [-0.05, 0) is 65.0 Å². The lowest BCUT2D eigenvalue weighted by Crippen LogP contribution is -2.89. The zero-order valence-electron chi connectivity index (χ0n) is 25.5. The smallest absolute Gasteiger partial charge is 0.407 e. The molecule has 1 amide bonds. The maximum atomic E-state index is 14.7. The number of aliphatic hydroxyl groups is 1. The fraction of sp³-hybridized carbons (Fsp3) is 0.871. The number of hydrogen-bond donors (Lipinski definition) is 2. The lowest BCUT2D eigenvalue weighted by Gasteiger charge is -2.74. The molecule has 2 N–H and O–H groups in total. The summed E-state index contributed by atoms with van der Waals surface area (Å²) < 4.78 is 26.4. The van der Waals surface area contributed by atoms with Crippen molar-refractivity contribution in [3.05, 3.63) is 12.7 Å². The molecule has 0 bridgehead atoms. The Kier molecular flexibility index (Phi) is 7.52. The maximum Gasteiger partial charge on any atom is 0.407 e. The first-order valence-electron chi connectivity index (χ1n) is 15.1. The van der Waals surface area contributed by atoms with Gasteiger partial charge in [0.2, 0.25) is 6.41 Å². The Bertz CT molecular complexity index is 1030. The molecule has 5 aliphatic rings. The summed E-state index contributed by atoms with van der Waals surface area (Å²) in [5, 5.41) is 15.2. The second kappa shape index (κ2) is 10.0. The number of hydrogen-bond acceptors (Lipinski definition) is 8. The Morgan fingerprint density at radius 2 is 1.82 bits per heavy atom. The van der Waals surface area contributed by atoms with E-state index in [0.717, 1.165) is 19.3 Å². The lowest BCUT2D eigenvalue weighted by atomic mass is 9.39. The summed E-state index contributed by atoms with van der Waals surface area (Å²) in [5.41, 5.74) is -5.45. The van der Waals surface area contributed by atoms with Crippen LogP contribution < -0.4 is 5.32 Å². The van der Waals surface area contributed by atoms with Gasteiger partial charge in [0.05, 0.1) is 17.8 Å². The highest BCUT2D eigenvalue weighted by atomic mass is 16.7. The van der Waals surface area contributed by atoms with Gasteiger partial charge in [0, 0.05) is 24.3 Å². The topological polar surface area (TPSA) is 107 Å². The molecule has 1 spiro atoms. The fourth-order valence-corrected chi connectivity index (χ4v) is 9.28. The van der Waals surface area contributed by atoms with Gasteiger partial charge in [-0.2, -0.15) is 0 Å². The van der Waals surface area contributed by atoms with Crippen molar-refractivity contribution in [1.29, 1.82) is 0 Å². The Hall–Kier alpha value is -1.52. The highest BCUT2D eigenvalue weighted by Crippen LogP contribution is 2.70. The first kappa shape index (κ1) is 30.0. The molecule has 5 rings (SSSR count). The minimum Gasteiger partial charge on any atom is -0.440 e. The number of carbonyl (C=O) groups is 2. The predicted octanol–water partition coefficient (Wildman–Crippen LogP) is 4.17. The van der Waals surface area contributed by atoms with Crippen LogP contribution in [0.25, 0.3) is 0 Å². The largest absolute Gasteiger partial charge is 0.440 e. The Morgan fingerprint density at radius 3 is 2.45 bits per heavy atom. The zero-order valence-corrected chi connectivity index (χ0v) is 25.5. The van der Waals surface area contributed by atoms with Gasteiger partial charge in [-0.15, -0.1) is 6.58 Å². The molecule has 226 valence electrons. The highest BCUT2D eigenvalue weighted by molar-refractivity contribution is 5.93. The van der Waals surface area contributed by atoms with Gasteiger partial charge in [-0.1, -0.05) is 46.1 Å². The number of nitrogens with one attached hydrogen (secondary N) is 1. The third kappa shape index (κ3) is 4.21. The molecular formula is C31H50N2O7. The van der Waals surface area contributed by atoms with E-state index in [-0.39, 0.29) is 18.3 Å². The average Bonchev–Trinajstić information content (AvgIpc) is 2.88. The number of rotatable bonds is 5. The minimum atomic E-state index is -1.55. The summed E-state index contributed by atoms with van der Waals surface area (Å²) in [4.78, 5) is 29.9. The second-order valence-corrected chi connectivity index (χ2v) is 14.5. The molecule has 40 heavy (non-hydrogen) atoms. The number of Topliss-reactive ketones (excluding diaryl/α,β-unsaturated/α-hetero) is 1. The van der Waals surface area contributed by atoms with E-state index in [9.17, 15) is 14.7 Å². The standard InChI is InChI=1S/C31H50N2O7/c1-9-28(4)17-20(34)31-29(5)21(37-26(39-31)33(7)8)15-16-27(2,3)23(29)22(35)24(30(31,6)40-28)38-25(36)32-18-19-13-11-10-12-14-19/h9,19,21-24,26,35H,1,10-18H2,2-8H3,(H,32,36)/t21-,22-,23-,24-,26?,28-,29-,30+,31-/m0/s1. The molecule has 3 aliphatic carbocycles. The number of nitrogens with zero attached hydrogens (tertiary/aromatic N) is 1. The average molecular weight is 563 g/mol. The van der Waals surface area contributed by atoms with Crippen LogP contribution in [0.5, 0.6) is 0 Å². The van der Waals surface area contributed by atoms with Crippen LogP contribution in [0.2, 0.25) is 0 Å². The van der Waals surface area contributed by atoms with Crippen molar-refractivity contribution >= 4 is 11.9 Å². The molecular weight excluding hydrogens is 512 g/mol. The molecule has 2 aliphatic heterocycles. The van der Waals surface area contributed by atoms with Crippen LogP contribution >= 0.6 is 0 Å². The van der Waals surface area contributed by atoms with Crippen LogP contribution in [-0.4, -0.2) is 84.1 Å². The summed E-state index contributed by atoms with van der Waals surface area (Å²) in [5.74, 6) is -0.194. The van der Waals surface area contributed by atoms with Gasteiger partial charge in [0.15, 0.2) is 17.5 Å². The van der Waals surface area contributed by atoms with Gasteiger partial charge < -0.3 is 29.4 Å². The van der Waals surface area contributed by atoms with Gasteiger partial charge in [0.1, 0.15) is 5.60 Å². The Morgan fingerprint density at radius 1 is 1.15 bits per heavy atom. The van der Waals surface area contributed by atoms with Crippen LogP contribution in [0, 0.1) is 22.7 Å². The SMILES string of the molecule is C=C[C@@]1(C)CC(=O)[C@@]23OC(N(C)C)O[C@H]4CCC(C)(C)[C@H]([C@H](O)[C@H](OC(=O)NCC5CCCCC5)[C@@]2(C)O1)[C@]43C. The van der Waals surface area contributed by atoms with Crippen molar-refractivity contribution in [3.8, 4) is 0 Å². The Balaban J connectivity index is 1.61. The Labute approximate surface area is 239 Å². The quantitative estimate of drug-likeness (QED) is 0.481. The van der Waals surface area contributed by atoms with E-state index in [4.69, 9.17) is 18.9 Å². The van der Waals surface area contributed by atoms with Gasteiger partial charge >= 0.3 is 6.09 Å². The molecule has 9 heteroatoms. The maximum absolute atomic E-state index is 14.7. The fourth-order valence-electron chi connectivity index (χ4n) is 9.28. The molecule has 9 nitrogen and oxygen atoms in total. The monoisotopic (exact) mass is 562 g/mol. The molecule has 5 fully saturated rings. The lowest BCUT2D eigenvalue weighted by molar-refractivity contribution is -0.456. The van der Waals surface area contributed by atoms with E-state index in [1.807, 2.05) is 27.9 Å². The normalized spacial score (nSPS) is 46.7. The van der Waals surface area contributed by atoms with E-state index >= 15 is 0 Å². The zero-order chi connectivity index (χ0) is 29.3. The van der Waals surface area contributed by atoms with Crippen molar-refractivity contribution in [2.24, 2.45) is 22.7 Å². The molecule has 2 saturated heterocycles. The minimum absolute atomic E-state index is 0.0540. The van der Waals surface area contributed by atoms with Crippen molar-refractivity contribution in [2.45, 2.75) is 128 Å². The molecule has 3 saturated carbocycles. The van der Waals surface area contributed by atoms with Crippen LogP contribution in [-0.2, 0) is 23.7 Å². The summed E-state index contributed by atoms with van der Waals surface area (Å²) in [6.07, 6.45) is 4.81.